The van der Waals surface area contributed by atoms with Crippen LogP contribution in [0.25, 0.3) is 0 Å². The molecule has 0 saturated heterocycles. The molecule has 0 spiro atoms. The van der Waals surface area contributed by atoms with Crippen molar-refractivity contribution in [1.29, 1.82) is 0 Å². The van der Waals surface area contributed by atoms with E-state index in [1.54, 1.807) is 12.1 Å². The summed E-state index contributed by atoms with van der Waals surface area (Å²) in [4.78, 5) is 0. The number of fused-ring (bicyclic) bond motifs is 1. The molecule has 0 saturated carbocycles. The quantitative estimate of drug-likeness (QED) is 0.603. The summed E-state index contributed by atoms with van der Waals surface area (Å²) in [6.07, 6.45) is 1.34. The Morgan fingerprint density at radius 2 is 2.33 bits per heavy atom. The Hall–Kier alpha value is -1.22. The Bertz CT molecular complexity index is 299. The summed E-state index contributed by atoms with van der Waals surface area (Å²) in [6, 6.07) is 5.25. The highest BCUT2D eigenvalue weighted by atomic mass is 16.5. The standard InChI is InChI=1S/C9H11NO2/c10-9-5-4-6-7(11)2-1-3-8(6)12-9/h1-3,9,11H,4-5,10H2. The van der Waals surface area contributed by atoms with Crippen molar-refractivity contribution in [3.05, 3.63) is 23.8 Å². The van der Waals surface area contributed by atoms with E-state index in [0.717, 1.165) is 18.4 Å². The van der Waals surface area contributed by atoms with E-state index in [-0.39, 0.29) is 6.23 Å². The molecule has 3 heteroatoms. The third-order valence-corrected chi connectivity index (χ3v) is 2.07. The number of hydrogen-bond acceptors (Lipinski definition) is 3. The lowest BCUT2D eigenvalue weighted by molar-refractivity contribution is 0.179. The van der Waals surface area contributed by atoms with Gasteiger partial charge < -0.3 is 9.84 Å². The Morgan fingerprint density at radius 3 is 3.17 bits per heavy atom. The van der Waals surface area contributed by atoms with Crippen molar-refractivity contribution in [2.45, 2.75) is 19.1 Å². The van der Waals surface area contributed by atoms with Crippen molar-refractivity contribution in [2.75, 3.05) is 0 Å². The van der Waals surface area contributed by atoms with E-state index in [1.807, 2.05) is 6.07 Å². The van der Waals surface area contributed by atoms with Crippen LogP contribution in [-0.4, -0.2) is 11.3 Å². The molecule has 0 aliphatic carbocycles. The number of phenols is 1. The zero-order valence-electron chi connectivity index (χ0n) is 6.66. The number of rotatable bonds is 0. The van der Waals surface area contributed by atoms with Crippen LogP contribution in [0.3, 0.4) is 0 Å². The molecule has 0 amide bonds. The van der Waals surface area contributed by atoms with Gasteiger partial charge in [0.05, 0.1) is 0 Å². The monoisotopic (exact) mass is 165 g/mol. The van der Waals surface area contributed by atoms with Gasteiger partial charge >= 0.3 is 0 Å². The highest BCUT2D eigenvalue weighted by molar-refractivity contribution is 5.44. The third kappa shape index (κ3) is 1.12. The molecule has 1 atom stereocenters. The van der Waals surface area contributed by atoms with Crippen LogP contribution >= 0.6 is 0 Å². The zero-order chi connectivity index (χ0) is 8.55. The number of phenolic OH excluding ortho intramolecular Hbond substituents is 1. The summed E-state index contributed by atoms with van der Waals surface area (Å²) >= 11 is 0. The van der Waals surface area contributed by atoms with Crippen LogP contribution in [0.4, 0.5) is 0 Å². The van der Waals surface area contributed by atoms with E-state index in [9.17, 15) is 5.11 Å². The number of hydrogen-bond donors (Lipinski definition) is 2. The van der Waals surface area contributed by atoms with Crippen LogP contribution in [-0.2, 0) is 6.42 Å². The summed E-state index contributed by atoms with van der Waals surface area (Å²) in [5.41, 5.74) is 6.47. The van der Waals surface area contributed by atoms with Gasteiger partial charge in [0.1, 0.15) is 17.7 Å². The van der Waals surface area contributed by atoms with Gasteiger partial charge in [-0.05, 0) is 18.6 Å². The van der Waals surface area contributed by atoms with E-state index in [2.05, 4.69) is 0 Å². The summed E-state index contributed by atoms with van der Waals surface area (Å²) < 4.78 is 5.33. The number of aromatic hydroxyl groups is 1. The number of ether oxygens (including phenoxy) is 1. The van der Waals surface area contributed by atoms with Gasteiger partial charge in [0.25, 0.3) is 0 Å². The molecule has 3 N–H and O–H groups in total. The Morgan fingerprint density at radius 1 is 1.50 bits per heavy atom. The van der Waals surface area contributed by atoms with E-state index >= 15 is 0 Å². The van der Waals surface area contributed by atoms with Gasteiger partial charge in [-0.15, -0.1) is 0 Å². The average molecular weight is 165 g/mol. The Kier molecular flexibility index (Phi) is 1.66. The summed E-state index contributed by atoms with van der Waals surface area (Å²) in [5, 5.41) is 9.42. The van der Waals surface area contributed by atoms with Gasteiger partial charge in [-0.1, -0.05) is 6.07 Å². The summed E-state index contributed by atoms with van der Waals surface area (Å²) in [6.45, 7) is 0. The fraction of sp³-hybridized carbons (Fsp3) is 0.333. The van der Waals surface area contributed by atoms with E-state index < -0.39 is 0 Å². The van der Waals surface area contributed by atoms with Gasteiger partial charge in [-0.2, -0.15) is 0 Å². The Balaban J connectivity index is 2.42. The molecule has 1 heterocycles. The molecule has 3 nitrogen and oxygen atoms in total. The zero-order valence-corrected chi connectivity index (χ0v) is 6.66. The minimum absolute atomic E-state index is 0.223. The van der Waals surface area contributed by atoms with Crippen molar-refractivity contribution < 1.29 is 9.84 Å². The normalized spacial score (nSPS) is 21.2. The van der Waals surface area contributed by atoms with Crippen LogP contribution in [0, 0.1) is 0 Å². The molecular formula is C9H11NO2. The fourth-order valence-electron chi connectivity index (χ4n) is 1.42. The molecular weight excluding hydrogens is 154 g/mol. The highest BCUT2D eigenvalue weighted by Gasteiger charge is 2.18. The predicted octanol–water partition coefficient (Wildman–Crippen LogP) is 1.00. The lowest BCUT2D eigenvalue weighted by atomic mass is 10.0. The molecule has 64 valence electrons. The molecule has 2 rings (SSSR count). The fourth-order valence-corrected chi connectivity index (χ4v) is 1.42. The molecule has 0 fully saturated rings. The largest absolute Gasteiger partial charge is 0.508 e. The van der Waals surface area contributed by atoms with Gasteiger partial charge in [0, 0.05) is 12.0 Å². The van der Waals surface area contributed by atoms with E-state index in [1.165, 1.54) is 0 Å². The predicted molar refractivity (Wildman–Crippen MR) is 45.0 cm³/mol. The minimum Gasteiger partial charge on any atom is -0.508 e. The molecule has 1 aliphatic heterocycles. The second-order valence-electron chi connectivity index (χ2n) is 2.95. The van der Waals surface area contributed by atoms with Crippen molar-refractivity contribution in [1.82, 2.24) is 0 Å². The maximum absolute atomic E-state index is 9.42. The van der Waals surface area contributed by atoms with Crippen LogP contribution in [0.2, 0.25) is 0 Å². The van der Waals surface area contributed by atoms with Crippen LogP contribution in [0.1, 0.15) is 12.0 Å². The minimum atomic E-state index is -0.223. The lowest BCUT2D eigenvalue weighted by Gasteiger charge is -2.23. The van der Waals surface area contributed by atoms with E-state index in [0.29, 0.717) is 11.5 Å². The van der Waals surface area contributed by atoms with Gasteiger partial charge in [0.2, 0.25) is 0 Å². The molecule has 1 unspecified atom stereocenters. The average Bonchev–Trinajstić information content (AvgIpc) is 2.04. The maximum Gasteiger partial charge on any atom is 0.148 e. The molecule has 1 aromatic carbocycles. The molecule has 0 radical (unpaired) electrons. The smallest absolute Gasteiger partial charge is 0.148 e. The lowest BCUT2D eigenvalue weighted by Crippen LogP contribution is -2.31. The van der Waals surface area contributed by atoms with Crippen molar-refractivity contribution in [2.24, 2.45) is 5.73 Å². The maximum atomic E-state index is 9.42. The summed E-state index contributed by atoms with van der Waals surface area (Å²) in [7, 11) is 0. The van der Waals surface area contributed by atoms with Crippen LogP contribution < -0.4 is 10.5 Å². The van der Waals surface area contributed by atoms with Crippen molar-refractivity contribution in [3.8, 4) is 11.5 Å². The van der Waals surface area contributed by atoms with Gasteiger partial charge in [-0.25, -0.2) is 0 Å². The molecule has 12 heavy (non-hydrogen) atoms. The topological polar surface area (TPSA) is 55.5 Å². The Labute approximate surface area is 70.8 Å². The first kappa shape index (κ1) is 7.43. The van der Waals surface area contributed by atoms with Gasteiger partial charge in [-0.3, -0.25) is 5.73 Å². The van der Waals surface area contributed by atoms with E-state index in [4.69, 9.17) is 10.5 Å². The second-order valence-corrected chi connectivity index (χ2v) is 2.95. The molecule has 1 aromatic rings. The molecule has 1 aliphatic rings. The first-order valence-electron chi connectivity index (χ1n) is 4.00. The summed E-state index contributed by atoms with van der Waals surface area (Å²) in [5.74, 6) is 1.02. The number of benzene rings is 1. The second kappa shape index (κ2) is 2.68. The molecule has 0 bridgehead atoms. The van der Waals surface area contributed by atoms with Crippen LogP contribution in [0.15, 0.2) is 18.2 Å². The van der Waals surface area contributed by atoms with Crippen molar-refractivity contribution >= 4 is 0 Å². The third-order valence-electron chi connectivity index (χ3n) is 2.07. The highest BCUT2D eigenvalue weighted by Crippen LogP contribution is 2.32. The first-order chi connectivity index (χ1) is 5.77. The molecule has 0 aromatic heterocycles. The number of nitrogens with two attached hydrogens (primary N) is 1. The van der Waals surface area contributed by atoms with Gasteiger partial charge in [0.15, 0.2) is 0 Å². The SMILES string of the molecule is NC1CCc2c(O)cccc2O1. The van der Waals surface area contributed by atoms with Crippen molar-refractivity contribution in [3.63, 3.8) is 0 Å². The van der Waals surface area contributed by atoms with Crippen LogP contribution in [0.5, 0.6) is 11.5 Å². The first-order valence-corrected chi connectivity index (χ1v) is 4.00.